The summed E-state index contributed by atoms with van der Waals surface area (Å²) in [6.07, 6.45) is 2.67. The van der Waals surface area contributed by atoms with Crippen molar-refractivity contribution in [3.63, 3.8) is 0 Å². The van der Waals surface area contributed by atoms with Gasteiger partial charge < -0.3 is 20.3 Å². The Labute approximate surface area is 91.7 Å². The van der Waals surface area contributed by atoms with Gasteiger partial charge >= 0.3 is 0 Å². The van der Waals surface area contributed by atoms with E-state index in [0.29, 0.717) is 25.5 Å². The fourth-order valence-electron chi connectivity index (χ4n) is 1.62. The van der Waals surface area contributed by atoms with Gasteiger partial charge in [-0.05, 0) is 26.2 Å². The summed E-state index contributed by atoms with van der Waals surface area (Å²) in [7, 11) is 0. The summed E-state index contributed by atoms with van der Waals surface area (Å²) in [5.74, 6) is 0.569. The summed E-state index contributed by atoms with van der Waals surface area (Å²) in [4.78, 5) is 0. The first-order valence-corrected chi connectivity index (χ1v) is 5.72. The SMILES string of the molecule is CC(O)(CN)CCCOCC1CCOC1. The van der Waals surface area contributed by atoms with Crippen molar-refractivity contribution in [1.29, 1.82) is 0 Å². The molecule has 4 nitrogen and oxygen atoms in total. The Hall–Kier alpha value is -0.160. The fraction of sp³-hybridized carbons (Fsp3) is 1.00. The van der Waals surface area contributed by atoms with Gasteiger partial charge in [0.25, 0.3) is 0 Å². The van der Waals surface area contributed by atoms with Gasteiger partial charge in [0.05, 0.1) is 18.8 Å². The third-order valence-electron chi connectivity index (χ3n) is 2.82. The maximum Gasteiger partial charge on any atom is 0.0742 e. The molecule has 15 heavy (non-hydrogen) atoms. The Bertz CT molecular complexity index is 167. The Kier molecular flexibility index (Phi) is 5.53. The molecule has 90 valence electrons. The Balaban J connectivity index is 1.92. The van der Waals surface area contributed by atoms with Crippen LogP contribution in [0.15, 0.2) is 0 Å². The van der Waals surface area contributed by atoms with E-state index in [1.54, 1.807) is 6.92 Å². The van der Waals surface area contributed by atoms with Crippen LogP contribution >= 0.6 is 0 Å². The molecule has 0 bridgehead atoms. The lowest BCUT2D eigenvalue weighted by molar-refractivity contribution is 0.0371. The summed E-state index contributed by atoms with van der Waals surface area (Å²) in [6.45, 7) is 5.26. The molecule has 0 aliphatic carbocycles. The van der Waals surface area contributed by atoms with E-state index in [1.807, 2.05) is 0 Å². The Morgan fingerprint density at radius 3 is 3.00 bits per heavy atom. The highest BCUT2D eigenvalue weighted by atomic mass is 16.5. The molecule has 2 unspecified atom stereocenters. The van der Waals surface area contributed by atoms with Crippen LogP contribution in [0.2, 0.25) is 0 Å². The summed E-state index contributed by atoms with van der Waals surface area (Å²) in [6, 6.07) is 0. The zero-order valence-corrected chi connectivity index (χ0v) is 9.58. The van der Waals surface area contributed by atoms with E-state index >= 15 is 0 Å². The van der Waals surface area contributed by atoms with Gasteiger partial charge in [-0.25, -0.2) is 0 Å². The van der Waals surface area contributed by atoms with E-state index < -0.39 is 5.60 Å². The van der Waals surface area contributed by atoms with Crippen LogP contribution in [-0.4, -0.2) is 43.7 Å². The Morgan fingerprint density at radius 2 is 2.40 bits per heavy atom. The number of nitrogens with two attached hydrogens (primary N) is 1. The normalized spacial score (nSPS) is 25.4. The zero-order valence-electron chi connectivity index (χ0n) is 9.58. The molecule has 1 aliphatic rings. The van der Waals surface area contributed by atoms with Gasteiger partial charge in [0, 0.05) is 25.7 Å². The van der Waals surface area contributed by atoms with E-state index in [1.165, 1.54) is 0 Å². The van der Waals surface area contributed by atoms with Gasteiger partial charge in [0.15, 0.2) is 0 Å². The highest BCUT2D eigenvalue weighted by Crippen LogP contribution is 2.13. The van der Waals surface area contributed by atoms with Crippen LogP contribution in [0.1, 0.15) is 26.2 Å². The smallest absolute Gasteiger partial charge is 0.0742 e. The second-order valence-electron chi connectivity index (χ2n) is 4.61. The standard InChI is InChI=1S/C11H23NO3/c1-11(13,9-12)4-2-5-14-7-10-3-6-15-8-10/h10,13H,2-9,12H2,1H3. The van der Waals surface area contributed by atoms with Gasteiger partial charge in [-0.1, -0.05) is 0 Å². The summed E-state index contributed by atoms with van der Waals surface area (Å²) in [5.41, 5.74) is 4.68. The number of hydrogen-bond acceptors (Lipinski definition) is 4. The van der Waals surface area contributed by atoms with Gasteiger partial charge in [-0.2, -0.15) is 0 Å². The summed E-state index contributed by atoms with van der Waals surface area (Å²) in [5, 5.41) is 9.63. The molecule has 0 radical (unpaired) electrons. The van der Waals surface area contributed by atoms with Crippen molar-refractivity contribution >= 4 is 0 Å². The van der Waals surface area contributed by atoms with Crippen molar-refractivity contribution in [3.8, 4) is 0 Å². The molecule has 1 rings (SSSR count). The molecule has 0 aromatic heterocycles. The molecule has 1 fully saturated rings. The van der Waals surface area contributed by atoms with Crippen LogP contribution < -0.4 is 5.73 Å². The number of rotatable bonds is 7. The monoisotopic (exact) mass is 217 g/mol. The van der Waals surface area contributed by atoms with Crippen LogP contribution in [-0.2, 0) is 9.47 Å². The van der Waals surface area contributed by atoms with Crippen molar-refractivity contribution in [2.75, 3.05) is 33.0 Å². The molecule has 0 amide bonds. The van der Waals surface area contributed by atoms with E-state index in [4.69, 9.17) is 15.2 Å². The molecule has 3 N–H and O–H groups in total. The first-order chi connectivity index (χ1) is 7.14. The van der Waals surface area contributed by atoms with E-state index in [-0.39, 0.29) is 0 Å². The van der Waals surface area contributed by atoms with Gasteiger partial charge in [0.2, 0.25) is 0 Å². The van der Waals surface area contributed by atoms with Crippen LogP contribution in [0.25, 0.3) is 0 Å². The van der Waals surface area contributed by atoms with Crippen molar-refractivity contribution < 1.29 is 14.6 Å². The van der Waals surface area contributed by atoms with E-state index in [9.17, 15) is 5.11 Å². The molecule has 1 saturated heterocycles. The van der Waals surface area contributed by atoms with Crippen LogP contribution in [0.4, 0.5) is 0 Å². The van der Waals surface area contributed by atoms with Gasteiger partial charge in [0.1, 0.15) is 0 Å². The molecule has 0 aromatic rings. The Morgan fingerprint density at radius 1 is 1.60 bits per heavy atom. The lowest BCUT2D eigenvalue weighted by Gasteiger charge is -2.20. The number of hydrogen-bond donors (Lipinski definition) is 2. The molecule has 0 spiro atoms. The number of aliphatic hydroxyl groups is 1. The quantitative estimate of drug-likeness (QED) is 0.611. The predicted molar refractivity (Wildman–Crippen MR) is 58.7 cm³/mol. The number of ether oxygens (including phenoxy) is 2. The third-order valence-corrected chi connectivity index (χ3v) is 2.82. The zero-order chi connectivity index (χ0) is 11.1. The first kappa shape index (κ1) is 12.9. The maximum atomic E-state index is 9.63. The van der Waals surface area contributed by atoms with Gasteiger partial charge in [-0.15, -0.1) is 0 Å². The molecular formula is C11H23NO3. The molecule has 1 heterocycles. The van der Waals surface area contributed by atoms with Crippen LogP contribution in [0, 0.1) is 5.92 Å². The molecule has 0 aromatic carbocycles. The highest BCUT2D eigenvalue weighted by molar-refractivity contribution is 4.72. The second kappa shape index (κ2) is 6.43. The van der Waals surface area contributed by atoms with Crippen LogP contribution in [0.3, 0.4) is 0 Å². The molecule has 1 aliphatic heterocycles. The minimum absolute atomic E-state index is 0.309. The third kappa shape index (κ3) is 5.47. The summed E-state index contributed by atoms with van der Waals surface area (Å²) >= 11 is 0. The molecule has 4 heteroatoms. The van der Waals surface area contributed by atoms with Crippen molar-refractivity contribution in [3.05, 3.63) is 0 Å². The predicted octanol–water partition coefficient (Wildman–Crippen LogP) is 0.529. The average molecular weight is 217 g/mol. The topological polar surface area (TPSA) is 64.7 Å². The van der Waals surface area contributed by atoms with Crippen molar-refractivity contribution in [1.82, 2.24) is 0 Å². The van der Waals surface area contributed by atoms with E-state index in [2.05, 4.69) is 0 Å². The minimum Gasteiger partial charge on any atom is -0.389 e. The first-order valence-electron chi connectivity index (χ1n) is 5.72. The lowest BCUT2D eigenvalue weighted by atomic mass is 10.0. The lowest BCUT2D eigenvalue weighted by Crippen LogP contribution is -2.34. The van der Waals surface area contributed by atoms with Crippen molar-refractivity contribution in [2.45, 2.75) is 31.8 Å². The highest BCUT2D eigenvalue weighted by Gasteiger charge is 2.18. The van der Waals surface area contributed by atoms with Gasteiger partial charge in [-0.3, -0.25) is 0 Å². The average Bonchev–Trinajstić information content (AvgIpc) is 2.70. The maximum absolute atomic E-state index is 9.63. The van der Waals surface area contributed by atoms with Crippen molar-refractivity contribution in [2.24, 2.45) is 11.7 Å². The summed E-state index contributed by atoms with van der Waals surface area (Å²) < 4.78 is 10.8. The second-order valence-corrected chi connectivity index (χ2v) is 4.61. The van der Waals surface area contributed by atoms with E-state index in [0.717, 1.165) is 32.7 Å². The van der Waals surface area contributed by atoms with Crippen LogP contribution in [0.5, 0.6) is 0 Å². The fourth-order valence-corrected chi connectivity index (χ4v) is 1.62. The molecule has 2 atom stereocenters. The molecular weight excluding hydrogens is 194 g/mol. The largest absolute Gasteiger partial charge is 0.389 e. The molecule has 0 saturated carbocycles. The minimum atomic E-state index is -0.736.